The Hall–Kier alpha value is -2.88. The highest BCUT2D eigenvalue weighted by atomic mass is 16.5. The van der Waals surface area contributed by atoms with Crippen LogP contribution in [0.1, 0.15) is 11.1 Å². The number of benzene rings is 2. The van der Waals surface area contributed by atoms with Crippen LogP contribution in [-0.4, -0.2) is 11.8 Å². The molecular weight excluding hydrogens is 278 g/mol. The van der Waals surface area contributed by atoms with Crippen LogP contribution < -0.4 is 9.64 Å². The van der Waals surface area contributed by atoms with E-state index >= 15 is 0 Å². The van der Waals surface area contributed by atoms with Gasteiger partial charge in [0.15, 0.2) is 0 Å². The standard InChI is InChI=1S/C18H15NO3/c1-12-3-5-14(6-4-12)22-15-7-8-16(13(2)11-15)19-17(20)9-10-18(19)21/h3-11H,1-2H3. The molecule has 2 aromatic carbocycles. The molecule has 0 fully saturated rings. The molecule has 1 aliphatic rings. The number of amides is 2. The second kappa shape index (κ2) is 5.48. The summed E-state index contributed by atoms with van der Waals surface area (Å²) in [6.45, 7) is 3.86. The van der Waals surface area contributed by atoms with Crippen LogP contribution in [0.5, 0.6) is 11.5 Å². The highest BCUT2D eigenvalue weighted by molar-refractivity contribution is 6.28. The lowest BCUT2D eigenvalue weighted by Crippen LogP contribution is -2.30. The first-order valence-electron chi connectivity index (χ1n) is 6.96. The number of hydrogen-bond donors (Lipinski definition) is 0. The fourth-order valence-corrected chi connectivity index (χ4v) is 2.32. The van der Waals surface area contributed by atoms with Crippen molar-refractivity contribution in [1.82, 2.24) is 0 Å². The SMILES string of the molecule is Cc1ccc(Oc2ccc(N3C(=O)C=CC3=O)c(C)c2)cc1. The van der Waals surface area contributed by atoms with E-state index in [1.54, 1.807) is 12.1 Å². The molecule has 4 nitrogen and oxygen atoms in total. The number of ether oxygens (including phenoxy) is 1. The molecule has 2 amide bonds. The van der Waals surface area contributed by atoms with Crippen molar-refractivity contribution in [1.29, 1.82) is 0 Å². The van der Waals surface area contributed by atoms with Crippen molar-refractivity contribution in [3.8, 4) is 11.5 Å². The van der Waals surface area contributed by atoms with Crippen LogP contribution in [0.2, 0.25) is 0 Å². The predicted octanol–water partition coefficient (Wildman–Crippen LogP) is 3.53. The van der Waals surface area contributed by atoms with Gasteiger partial charge in [-0.15, -0.1) is 0 Å². The van der Waals surface area contributed by atoms with Gasteiger partial charge in [-0.2, -0.15) is 0 Å². The van der Waals surface area contributed by atoms with Gasteiger partial charge in [-0.05, 0) is 49.7 Å². The van der Waals surface area contributed by atoms with Gasteiger partial charge in [0.2, 0.25) is 0 Å². The molecule has 0 bridgehead atoms. The minimum absolute atomic E-state index is 0.319. The summed E-state index contributed by atoms with van der Waals surface area (Å²) in [7, 11) is 0. The van der Waals surface area contributed by atoms with Gasteiger partial charge in [0.1, 0.15) is 11.5 Å². The zero-order valence-corrected chi connectivity index (χ0v) is 12.4. The van der Waals surface area contributed by atoms with E-state index in [9.17, 15) is 9.59 Å². The van der Waals surface area contributed by atoms with Crippen molar-refractivity contribution < 1.29 is 14.3 Å². The number of nitrogens with zero attached hydrogens (tertiary/aromatic N) is 1. The molecule has 0 saturated heterocycles. The minimum atomic E-state index is -0.319. The first-order valence-corrected chi connectivity index (χ1v) is 6.96. The number of aryl methyl sites for hydroxylation is 2. The van der Waals surface area contributed by atoms with E-state index in [2.05, 4.69) is 0 Å². The Kier molecular flexibility index (Phi) is 3.51. The largest absolute Gasteiger partial charge is 0.457 e. The Balaban J connectivity index is 1.85. The lowest BCUT2D eigenvalue weighted by atomic mass is 10.1. The molecular formula is C18H15NO3. The van der Waals surface area contributed by atoms with Gasteiger partial charge < -0.3 is 4.74 Å². The van der Waals surface area contributed by atoms with Crippen molar-refractivity contribution in [3.63, 3.8) is 0 Å². The van der Waals surface area contributed by atoms with Crippen LogP contribution in [-0.2, 0) is 9.59 Å². The topological polar surface area (TPSA) is 46.6 Å². The molecule has 0 spiro atoms. The number of rotatable bonds is 3. The molecule has 3 rings (SSSR count). The normalized spacial score (nSPS) is 13.8. The third-order valence-electron chi connectivity index (χ3n) is 3.48. The highest BCUT2D eigenvalue weighted by Gasteiger charge is 2.26. The highest BCUT2D eigenvalue weighted by Crippen LogP contribution is 2.29. The third kappa shape index (κ3) is 2.63. The predicted molar refractivity (Wildman–Crippen MR) is 84.1 cm³/mol. The number of anilines is 1. The Bertz CT molecular complexity index is 757. The van der Waals surface area contributed by atoms with Crippen LogP contribution in [0.15, 0.2) is 54.6 Å². The molecule has 1 aliphatic heterocycles. The molecule has 2 aromatic rings. The van der Waals surface area contributed by atoms with Crippen molar-refractivity contribution in [2.75, 3.05) is 4.90 Å². The summed E-state index contributed by atoms with van der Waals surface area (Å²) in [6, 6.07) is 13.0. The maximum Gasteiger partial charge on any atom is 0.258 e. The molecule has 22 heavy (non-hydrogen) atoms. The van der Waals surface area contributed by atoms with Crippen LogP contribution in [0.3, 0.4) is 0 Å². The molecule has 0 aliphatic carbocycles. The molecule has 0 saturated carbocycles. The van der Waals surface area contributed by atoms with Gasteiger partial charge in [0.25, 0.3) is 11.8 Å². The molecule has 0 aromatic heterocycles. The molecule has 4 heteroatoms. The Morgan fingerprint density at radius 2 is 1.41 bits per heavy atom. The van der Waals surface area contributed by atoms with Gasteiger partial charge in [0, 0.05) is 12.2 Å². The monoisotopic (exact) mass is 293 g/mol. The fraction of sp³-hybridized carbons (Fsp3) is 0.111. The molecule has 0 atom stereocenters. The fourth-order valence-electron chi connectivity index (χ4n) is 2.32. The summed E-state index contributed by atoms with van der Waals surface area (Å²) in [4.78, 5) is 24.6. The zero-order valence-electron chi connectivity index (χ0n) is 12.4. The summed E-state index contributed by atoms with van der Waals surface area (Å²) < 4.78 is 5.78. The molecule has 0 N–H and O–H groups in total. The van der Waals surface area contributed by atoms with E-state index in [-0.39, 0.29) is 11.8 Å². The Labute approximate surface area is 128 Å². The summed E-state index contributed by atoms with van der Waals surface area (Å²) >= 11 is 0. The first-order chi connectivity index (χ1) is 10.5. The number of carbonyl (C=O) groups excluding carboxylic acids is 2. The van der Waals surface area contributed by atoms with Gasteiger partial charge in [-0.3, -0.25) is 9.59 Å². The van der Waals surface area contributed by atoms with Crippen LogP contribution >= 0.6 is 0 Å². The smallest absolute Gasteiger partial charge is 0.258 e. The van der Waals surface area contributed by atoms with E-state index in [1.165, 1.54) is 12.2 Å². The Morgan fingerprint density at radius 3 is 2.00 bits per heavy atom. The van der Waals surface area contributed by atoms with E-state index in [1.807, 2.05) is 44.2 Å². The summed E-state index contributed by atoms with van der Waals surface area (Å²) in [6.07, 6.45) is 2.55. The average molecular weight is 293 g/mol. The second-order valence-electron chi connectivity index (χ2n) is 5.21. The second-order valence-corrected chi connectivity index (χ2v) is 5.21. The van der Waals surface area contributed by atoms with Crippen molar-refractivity contribution in [2.24, 2.45) is 0 Å². The third-order valence-corrected chi connectivity index (χ3v) is 3.48. The van der Waals surface area contributed by atoms with Gasteiger partial charge >= 0.3 is 0 Å². The van der Waals surface area contributed by atoms with Crippen molar-refractivity contribution in [3.05, 3.63) is 65.7 Å². The summed E-state index contributed by atoms with van der Waals surface area (Å²) in [5.74, 6) is 0.769. The van der Waals surface area contributed by atoms with E-state index in [0.29, 0.717) is 11.4 Å². The number of carbonyl (C=O) groups is 2. The van der Waals surface area contributed by atoms with Gasteiger partial charge in [-0.25, -0.2) is 4.90 Å². The van der Waals surface area contributed by atoms with Gasteiger partial charge in [0.05, 0.1) is 5.69 Å². The van der Waals surface area contributed by atoms with Crippen molar-refractivity contribution in [2.45, 2.75) is 13.8 Å². The van der Waals surface area contributed by atoms with Crippen LogP contribution in [0.4, 0.5) is 5.69 Å². The molecule has 0 unspecified atom stereocenters. The maximum atomic E-state index is 11.7. The molecule has 110 valence electrons. The Morgan fingerprint density at radius 1 is 0.818 bits per heavy atom. The lowest BCUT2D eigenvalue weighted by molar-refractivity contribution is -0.119. The summed E-state index contributed by atoms with van der Waals surface area (Å²) in [5.41, 5.74) is 2.55. The molecule has 0 radical (unpaired) electrons. The van der Waals surface area contributed by atoms with E-state index in [4.69, 9.17) is 4.74 Å². The maximum absolute atomic E-state index is 11.7. The lowest BCUT2D eigenvalue weighted by Gasteiger charge is -2.17. The number of hydrogen-bond acceptors (Lipinski definition) is 3. The van der Waals surface area contributed by atoms with Gasteiger partial charge in [-0.1, -0.05) is 17.7 Å². The van der Waals surface area contributed by atoms with Crippen LogP contribution in [0.25, 0.3) is 0 Å². The minimum Gasteiger partial charge on any atom is -0.457 e. The summed E-state index contributed by atoms with van der Waals surface area (Å²) in [5, 5.41) is 0. The molecule has 1 heterocycles. The quantitative estimate of drug-likeness (QED) is 0.813. The van der Waals surface area contributed by atoms with Crippen molar-refractivity contribution >= 4 is 17.5 Å². The zero-order chi connectivity index (χ0) is 15.7. The first kappa shape index (κ1) is 14.1. The van der Waals surface area contributed by atoms with Crippen LogP contribution in [0, 0.1) is 13.8 Å². The van der Waals surface area contributed by atoms with E-state index in [0.717, 1.165) is 21.8 Å². The number of imide groups is 1. The average Bonchev–Trinajstić information content (AvgIpc) is 2.81. The van der Waals surface area contributed by atoms with E-state index < -0.39 is 0 Å².